The molecule has 0 unspecified atom stereocenters. The normalized spacial score (nSPS) is 25.6. The van der Waals surface area contributed by atoms with Crippen LogP contribution in [-0.2, 0) is 4.74 Å². The third-order valence-electron chi connectivity index (χ3n) is 3.72. The summed E-state index contributed by atoms with van der Waals surface area (Å²) in [6.45, 7) is 0.332. The van der Waals surface area contributed by atoms with Crippen LogP contribution in [0, 0.1) is 5.82 Å². The molecule has 1 fully saturated rings. The van der Waals surface area contributed by atoms with Crippen LogP contribution in [0.1, 0.15) is 29.6 Å². The average Bonchev–Trinajstić information content (AvgIpc) is 2.49. The predicted octanol–water partition coefficient (Wildman–Crippen LogP) is 0.813. The van der Waals surface area contributed by atoms with Crippen molar-refractivity contribution in [2.24, 2.45) is 5.73 Å². The number of nitrogens with two attached hydrogens (primary N) is 1. The topological polar surface area (TPSA) is 84.6 Å². The lowest BCUT2D eigenvalue weighted by atomic mass is 9.96. The SMILES string of the molecule is NCC[C@H]1CC[C@@H](NC(=O)c2ccccc2F)[C@H](CO)O1. The van der Waals surface area contributed by atoms with Gasteiger partial charge in [0.2, 0.25) is 0 Å². The Labute approximate surface area is 123 Å². The molecule has 0 spiro atoms. The third-order valence-corrected chi connectivity index (χ3v) is 3.72. The number of halogens is 1. The molecule has 1 amide bonds. The summed E-state index contributed by atoms with van der Waals surface area (Å²) in [5, 5.41) is 12.1. The van der Waals surface area contributed by atoms with Gasteiger partial charge in [-0.1, -0.05) is 12.1 Å². The second kappa shape index (κ2) is 7.49. The van der Waals surface area contributed by atoms with Gasteiger partial charge in [-0.3, -0.25) is 4.79 Å². The molecular formula is C15H21FN2O3. The highest BCUT2D eigenvalue weighted by Gasteiger charge is 2.32. The van der Waals surface area contributed by atoms with Crippen LogP contribution in [0.15, 0.2) is 24.3 Å². The summed E-state index contributed by atoms with van der Waals surface area (Å²) in [7, 11) is 0. The number of rotatable bonds is 5. The minimum atomic E-state index is -0.562. The van der Waals surface area contributed by atoms with Crippen LogP contribution < -0.4 is 11.1 Å². The third kappa shape index (κ3) is 4.00. The molecule has 1 aliphatic heterocycles. The maximum Gasteiger partial charge on any atom is 0.254 e. The van der Waals surface area contributed by atoms with Crippen molar-refractivity contribution in [3.05, 3.63) is 35.6 Å². The summed E-state index contributed by atoms with van der Waals surface area (Å²) in [5.41, 5.74) is 5.50. The van der Waals surface area contributed by atoms with Crippen molar-refractivity contribution >= 4 is 5.91 Å². The van der Waals surface area contributed by atoms with Crippen molar-refractivity contribution in [1.82, 2.24) is 5.32 Å². The highest BCUT2D eigenvalue weighted by molar-refractivity contribution is 5.94. The van der Waals surface area contributed by atoms with Crippen LogP contribution in [0.25, 0.3) is 0 Å². The van der Waals surface area contributed by atoms with E-state index in [-0.39, 0.29) is 24.3 Å². The molecule has 21 heavy (non-hydrogen) atoms. The van der Waals surface area contributed by atoms with E-state index in [0.717, 1.165) is 12.8 Å². The largest absolute Gasteiger partial charge is 0.394 e. The fourth-order valence-corrected chi connectivity index (χ4v) is 2.59. The molecule has 0 bridgehead atoms. The van der Waals surface area contributed by atoms with Gasteiger partial charge in [0.1, 0.15) is 11.9 Å². The number of amides is 1. The summed E-state index contributed by atoms with van der Waals surface area (Å²) >= 11 is 0. The zero-order chi connectivity index (χ0) is 15.2. The monoisotopic (exact) mass is 296 g/mol. The fourth-order valence-electron chi connectivity index (χ4n) is 2.59. The van der Waals surface area contributed by atoms with E-state index < -0.39 is 17.8 Å². The summed E-state index contributed by atoms with van der Waals surface area (Å²) in [6, 6.07) is 5.49. The first kappa shape index (κ1) is 15.9. The molecule has 1 aliphatic rings. The second-order valence-corrected chi connectivity index (χ2v) is 5.19. The Hall–Kier alpha value is -1.50. The van der Waals surface area contributed by atoms with Crippen molar-refractivity contribution in [2.45, 2.75) is 37.5 Å². The molecule has 0 aliphatic carbocycles. The Balaban J connectivity index is 1.99. The van der Waals surface area contributed by atoms with Gasteiger partial charge in [0.15, 0.2) is 0 Å². The summed E-state index contributed by atoms with van der Waals surface area (Å²) in [5.74, 6) is -1.05. The van der Waals surface area contributed by atoms with Gasteiger partial charge in [0, 0.05) is 0 Å². The number of aliphatic hydroxyl groups excluding tert-OH is 1. The lowest BCUT2D eigenvalue weighted by Gasteiger charge is -2.36. The number of hydrogen-bond acceptors (Lipinski definition) is 4. The number of aliphatic hydroxyl groups is 1. The Bertz CT molecular complexity index is 484. The van der Waals surface area contributed by atoms with Crippen molar-refractivity contribution in [3.63, 3.8) is 0 Å². The molecule has 1 aromatic carbocycles. The number of ether oxygens (including phenoxy) is 1. The first-order valence-corrected chi connectivity index (χ1v) is 7.17. The van der Waals surface area contributed by atoms with Gasteiger partial charge in [-0.15, -0.1) is 0 Å². The van der Waals surface area contributed by atoms with Crippen LogP contribution in [0.4, 0.5) is 4.39 Å². The number of hydrogen-bond donors (Lipinski definition) is 3. The van der Waals surface area contributed by atoms with Crippen molar-refractivity contribution < 1.29 is 19.0 Å². The summed E-state index contributed by atoms with van der Waals surface area (Å²) in [4.78, 5) is 12.1. The molecule has 0 saturated carbocycles. The molecule has 0 aromatic heterocycles. The number of carbonyl (C=O) groups excluding carboxylic acids is 1. The van der Waals surface area contributed by atoms with Gasteiger partial charge in [-0.25, -0.2) is 4.39 Å². The molecule has 116 valence electrons. The molecule has 6 heteroatoms. The van der Waals surface area contributed by atoms with Crippen LogP contribution in [0.3, 0.4) is 0 Å². The molecule has 0 radical (unpaired) electrons. The van der Waals surface area contributed by atoms with Crippen LogP contribution in [0.5, 0.6) is 0 Å². The Morgan fingerprint density at radius 2 is 2.19 bits per heavy atom. The fraction of sp³-hybridized carbons (Fsp3) is 0.533. The highest BCUT2D eigenvalue weighted by Crippen LogP contribution is 2.22. The van der Waals surface area contributed by atoms with Gasteiger partial charge in [-0.2, -0.15) is 0 Å². The number of carbonyl (C=O) groups is 1. The zero-order valence-corrected chi connectivity index (χ0v) is 11.8. The van der Waals surface area contributed by atoms with E-state index in [0.29, 0.717) is 13.0 Å². The highest BCUT2D eigenvalue weighted by atomic mass is 19.1. The second-order valence-electron chi connectivity index (χ2n) is 5.19. The van der Waals surface area contributed by atoms with Crippen LogP contribution in [0.2, 0.25) is 0 Å². The summed E-state index contributed by atoms with van der Waals surface area (Å²) in [6.07, 6.45) is 1.69. The Morgan fingerprint density at radius 3 is 2.86 bits per heavy atom. The van der Waals surface area contributed by atoms with E-state index in [9.17, 15) is 14.3 Å². The van der Waals surface area contributed by atoms with Gasteiger partial charge in [-0.05, 0) is 37.9 Å². The average molecular weight is 296 g/mol. The van der Waals surface area contributed by atoms with E-state index in [1.165, 1.54) is 18.2 Å². The van der Waals surface area contributed by atoms with Crippen molar-refractivity contribution in [1.29, 1.82) is 0 Å². The zero-order valence-electron chi connectivity index (χ0n) is 11.8. The smallest absolute Gasteiger partial charge is 0.254 e. The Morgan fingerprint density at radius 1 is 1.43 bits per heavy atom. The lowest BCUT2D eigenvalue weighted by molar-refractivity contribution is -0.0889. The minimum absolute atomic E-state index is 0.00160. The lowest BCUT2D eigenvalue weighted by Crippen LogP contribution is -2.51. The van der Waals surface area contributed by atoms with E-state index in [2.05, 4.69) is 5.32 Å². The maximum atomic E-state index is 13.6. The van der Waals surface area contributed by atoms with Gasteiger partial charge in [0.25, 0.3) is 5.91 Å². The quantitative estimate of drug-likeness (QED) is 0.751. The van der Waals surface area contributed by atoms with Crippen LogP contribution >= 0.6 is 0 Å². The Kier molecular flexibility index (Phi) is 5.67. The van der Waals surface area contributed by atoms with E-state index in [1.807, 2.05) is 0 Å². The molecule has 1 aromatic rings. The first-order valence-electron chi connectivity index (χ1n) is 7.17. The van der Waals surface area contributed by atoms with Gasteiger partial charge < -0.3 is 20.9 Å². The molecule has 5 nitrogen and oxygen atoms in total. The number of nitrogens with one attached hydrogen (secondary N) is 1. The van der Waals surface area contributed by atoms with E-state index >= 15 is 0 Å². The maximum absolute atomic E-state index is 13.6. The molecule has 2 rings (SSSR count). The first-order chi connectivity index (χ1) is 10.2. The number of benzene rings is 1. The molecule has 3 atom stereocenters. The summed E-state index contributed by atoms with van der Waals surface area (Å²) < 4.78 is 19.3. The van der Waals surface area contributed by atoms with E-state index in [4.69, 9.17) is 10.5 Å². The molecular weight excluding hydrogens is 275 g/mol. The minimum Gasteiger partial charge on any atom is -0.394 e. The van der Waals surface area contributed by atoms with Gasteiger partial charge in [0.05, 0.1) is 24.3 Å². The molecule has 1 heterocycles. The molecule has 1 saturated heterocycles. The predicted molar refractivity (Wildman–Crippen MR) is 76.3 cm³/mol. The van der Waals surface area contributed by atoms with E-state index in [1.54, 1.807) is 6.07 Å². The van der Waals surface area contributed by atoms with Crippen molar-refractivity contribution in [2.75, 3.05) is 13.2 Å². The standard InChI is InChI=1S/C15H21FN2O3/c16-12-4-2-1-3-11(12)15(20)18-13-6-5-10(7-8-17)21-14(13)9-19/h1-4,10,13-14,19H,5-9,17H2,(H,18,20)/t10-,13-,14+/m1/s1. The van der Waals surface area contributed by atoms with Gasteiger partial charge >= 0.3 is 0 Å². The molecule has 4 N–H and O–H groups in total. The van der Waals surface area contributed by atoms with Crippen molar-refractivity contribution in [3.8, 4) is 0 Å². The van der Waals surface area contributed by atoms with Crippen LogP contribution in [-0.4, -0.2) is 42.4 Å².